The number of nitriles is 1. The van der Waals surface area contributed by atoms with Crippen LogP contribution in [0.25, 0.3) is 0 Å². The molecule has 8 nitrogen and oxygen atoms in total. The van der Waals surface area contributed by atoms with Crippen molar-refractivity contribution < 1.29 is 19.1 Å². The lowest BCUT2D eigenvalue weighted by Crippen LogP contribution is -2.32. The number of hydrogen-bond donors (Lipinski definition) is 2. The molecule has 0 aromatic heterocycles. The predicted octanol–water partition coefficient (Wildman–Crippen LogP) is 3.52. The second kappa shape index (κ2) is 10.5. The molecule has 0 unspecified atom stereocenters. The van der Waals surface area contributed by atoms with Crippen molar-refractivity contribution in [2.24, 2.45) is 5.10 Å². The molecule has 0 aliphatic heterocycles. The summed E-state index contributed by atoms with van der Waals surface area (Å²) in [5.74, 6) is -2.17. The lowest BCUT2D eigenvalue weighted by molar-refractivity contribution is -0.136. The van der Waals surface area contributed by atoms with E-state index in [4.69, 9.17) is 21.6 Å². The molecule has 0 saturated carbocycles. The zero-order valence-corrected chi connectivity index (χ0v) is 17.2. The first-order chi connectivity index (χ1) is 15.4. The number of benzene rings is 3. The van der Waals surface area contributed by atoms with Crippen LogP contribution in [0.2, 0.25) is 5.02 Å². The highest BCUT2D eigenvalue weighted by atomic mass is 35.5. The highest BCUT2D eigenvalue weighted by Gasteiger charge is 2.13. The standard InChI is InChI=1S/C23H15ClN4O4/c24-18-8-6-17(7-9-18)23(31)32-20-3-1-2-16(12-20)14-26-28-22(30)21(29)27-19-10-4-15(13-25)5-11-19/h1-12,14H,(H,27,29)(H,28,30). The molecule has 0 fully saturated rings. The molecule has 0 aliphatic carbocycles. The van der Waals surface area contributed by atoms with E-state index in [1.165, 1.54) is 30.5 Å². The highest BCUT2D eigenvalue weighted by molar-refractivity contribution is 6.39. The molecule has 2 amide bonds. The van der Waals surface area contributed by atoms with Crippen LogP contribution >= 0.6 is 11.6 Å². The molecular weight excluding hydrogens is 432 g/mol. The van der Waals surface area contributed by atoms with E-state index in [1.54, 1.807) is 48.5 Å². The van der Waals surface area contributed by atoms with E-state index >= 15 is 0 Å². The average Bonchev–Trinajstić information content (AvgIpc) is 2.80. The minimum Gasteiger partial charge on any atom is -0.423 e. The number of esters is 1. The number of halogens is 1. The number of amides is 2. The van der Waals surface area contributed by atoms with Crippen molar-refractivity contribution in [1.29, 1.82) is 5.26 Å². The monoisotopic (exact) mass is 446 g/mol. The number of hydrogen-bond acceptors (Lipinski definition) is 6. The van der Waals surface area contributed by atoms with E-state index in [0.29, 0.717) is 27.4 Å². The number of rotatable bonds is 5. The molecule has 0 radical (unpaired) electrons. The largest absolute Gasteiger partial charge is 0.423 e. The second-order valence-electron chi connectivity index (χ2n) is 6.31. The Bertz CT molecular complexity index is 1220. The van der Waals surface area contributed by atoms with Gasteiger partial charge in [0.15, 0.2) is 0 Å². The van der Waals surface area contributed by atoms with Crippen LogP contribution in [0.15, 0.2) is 77.9 Å². The van der Waals surface area contributed by atoms with Gasteiger partial charge < -0.3 is 10.1 Å². The summed E-state index contributed by atoms with van der Waals surface area (Å²) in [4.78, 5) is 36.0. The van der Waals surface area contributed by atoms with Crippen LogP contribution in [-0.2, 0) is 9.59 Å². The Morgan fingerprint density at radius 1 is 0.969 bits per heavy atom. The van der Waals surface area contributed by atoms with Gasteiger partial charge in [0.05, 0.1) is 23.4 Å². The fourth-order valence-corrected chi connectivity index (χ4v) is 2.57. The summed E-state index contributed by atoms with van der Waals surface area (Å²) in [5.41, 5.74) is 3.77. The number of ether oxygens (including phenoxy) is 1. The van der Waals surface area contributed by atoms with Gasteiger partial charge in [-0.2, -0.15) is 10.4 Å². The van der Waals surface area contributed by atoms with Crippen LogP contribution in [0.4, 0.5) is 5.69 Å². The topological polar surface area (TPSA) is 121 Å². The average molecular weight is 447 g/mol. The summed E-state index contributed by atoms with van der Waals surface area (Å²) >= 11 is 5.81. The molecule has 0 bridgehead atoms. The lowest BCUT2D eigenvalue weighted by Gasteiger charge is -2.05. The Morgan fingerprint density at radius 3 is 2.38 bits per heavy atom. The minimum atomic E-state index is -0.976. The maximum atomic E-state index is 12.2. The van der Waals surface area contributed by atoms with Crippen molar-refractivity contribution in [1.82, 2.24) is 5.43 Å². The van der Waals surface area contributed by atoms with Gasteiger partial charge in [0.2, 0.25) is 0 Å². The van der Waals surface area contributed by atoms with Gasteiger partial charge >= 0.3 is 17.8 Å². The zero-order chi connectivity index (χ0) is 22.9. The maximum absolute atomic E-state index is 12.2. The summed E-state index contributed by atoms with van der Waals surface area (Å²) in [6, 6.07) is 20.7. The normalized spacial score (nSPS) is 10.2. The lowest BCUT2D eigenvalue weighted by atomic mass is 10.2. The number of anilines is 1. The Kier molecular flexibility index (Phi) is 7.30. The summed E-state index contributed by atoms with van der Waals surface area (Å²) in [6.45, 7) is 0. The molecule has 158 valence electrons. The van der Waals surface area contributed by atoms with Gasteiger partial charge in [-0.05, 0) is 66.2 Å². The number of nitrogens with zero attached hydrogens (tertiary/aromatic N) is 2. The van der Waals surface area contributed by atoms with Crippen LogP contribution in [-0.4, -0.2) is 24.0 Å². The Labute approximate surface area is 188 Å². The van der Waals surface area contributed by atoms with Gasteiger partial charge in [-0.3, -0.25) is 9.59 Å². The Morgan fingerprint density at radius 2 is 1.69 bits per heavy atom. The number of carbonyl (C=O) groups is 3. The molecule has 3 aromatic carbocycles. The van der Waals surface area contributed by atoms with E-state index in [9.17, 15) is 14.4 Å². The van der Waals surface area contributed by atoms with Gasteiger partial charge in [0.25, 0.3) is 0 Å². The third-order valence-corrected chi connectivity index (χ3v) is 4.26. The summed E-state index contributed by atoms with van der Waals surface area (Å²) in [7, 11) is 0. The fourth-order valence-electron chi connectivity index (χ4n) is 2.44. The van der Waals surface area contributed by atoms with Crippen LogP contribution in [0.3, 0.4) is 0 Å². The predicted molar refractivity (Wildman–Crippen MR) is 118 cm³/mol. The van der Waals surface area contributed by atoms with Gasteiger partial charge in [0, 0.05) is 10.7 Å². The van der Waals surface area contributed by atoms with E-state index in [0.717, 1.165) is 0 Å². The van der Waals surface area contributed by atoms with Crippen LogP contribution in [0.1, 0.15) is 21.5 Å². The Hall–Kier alpha value is -4.48. The first-order valence-electron chi connectivity index (χ1n) is 9.17. The summed E-state index contributed by atoms with van der Waals surface area (Å²) in [6.07, 6.45) is 1.30. The molecule has 3 rings (SSSR count). The second-order valence-corrected chi connectivity index (χ2v) is 6.75. The van der Waals surface area contributed by atoms with Crippen molar-refractivity contribution in [3.63, 3.8) is 0 Å². The van der Waals surface area contributed by atoms with E-state index < -0.39 is 17.8 Å². The molecule has 3 aromatic rings. The van der Waals surface area contributed by atoms with Gasteiger partial charge in [-0.15, -0.1) is 0 Å². The molecule has 0 atom stereocenters. The van der Waals surface area contributed by atoms with Crippen LogP contribution in [0.5, 0.6) is 5.75 Å². The SMILES string of the molecule is N#Cc1ccc(NC(=O)C(=O)NN=Cc2cccc(OC(=O)c3ccc(Cl)cc3)c2)cc1. The first kappa shape index (κ1) is 22.2. The molecule has 2 N–H and O–H groups in total. The van der Waals surface area contributed by atoms with Crippen molar-refractivity contribution in [3.05, 3.63) is 94.5 Å². The number of hydrazone groups is 1. The van der Waals surface area contributed by atoms with E-state index in [1.807, 2.05) is 6.07 Å². The molecule has 0 spiro atoms. The van der Waals surface area contributed by atoms with Crippen molar-refractivity contribution >= 4 is 41.3 Å². The first-order valence-corrected chi connectivity index (χ1v) is 9.55. The third-order valence-electron chi connectivity index (χ3n) is 4.01. The van der Waals surface area contributed by atoms with Gasteiger partial charge in [-0.25, -0.2) is 10.2 Å². The number of carbonyl (C=O) groups excluding carboxylic acids is 3. The molecule has 0 saturated heterocycles. The summed E-state index contributed by atoms with van der Waals surface area (Å²) in [5, 5.41) is 15.4. The van der Waals surface area contributed by atoms with E-state index in [-0.39, 0.29) is 5.75 Å². The van der Waals surface area contributed by atoms with Crippen LogP contribution in [0, 0.1) is 11.3 Å². The highest BCUT2D eigenvalue weighted by Crippen LogP contribution is 2.16. The van der Waals surface area contributed by atoms with Crippen molar-refractivity contribution in [2.75, 3.05) is 5.32 Å². The smallest absolute Gasteiger partial charge is 0.343 e. The molecule has 32 heavy (non-hydrogen) atoms. The maximum Gasteiger partial charge on any atom is 0.343 e. The molecule has 9 heteroatoms. The fraction of sp³-hybridized carbons (Fsp3) is 0. The molecule has 0 aliphatic rings. The molecular formula is C23H15ClN4O4. The zero-order valence-electron chi connectivity index (χ0n) is 16.4. The van der Waals surface area contributed by atoms with Crippen molar-refractivity contribution in [2.45, 2.75) is 0 Å². The van der Waals surface area contributed by atoms with Gasteiger partial charge in [-0.1, -0.05) is 23.7 Å². The van der Waals surface area contributed by atoms with E-state index in [2.05, 4.69) is 15.8 Å². The number of nitrogens with one attached hydrogen (secondary N) is 2. The Balaban J connectivity index is 1.55. The summed E-state index contributed by atoms with van der Waals surface area (Å²) < 4.78 is 5.31. The van der Waals surface area contributed by atoms with Gasteiger partial charge in [0.1, 0.15) is 5.75 Å². The van der Waals surface area contributed by atoms with Crippen LogP contribution < -0.4 is 15.5 Å². The quantitative estimate of drug-likeness (QED) is 0.204. The third kappa shape index (κ3) is 6.26. The minimum absolute atomic E-state index is 0.277. The molecule has 0 heterocycles. The van der Waals surface area contributed by atoms with Crippen molar-refractivity contribution in [3.8, 4) is 11.8 Å².